The Morgan fingerprint density at radius 3 is 2.42 bits per heavy atom. The molecule has 24 heavy (non-hydrogen) atoms. The molecule has 2 aromatic rings. The Hall–Kier alpha value is -3.20. The summed E-state index contributed by atoms with van der Waals surface area (Å²) in [6.45, 7) is -0.485. The van der Waals surface area contributed by atoms with E-state index in [9.17, 15) is 24.5 Å². The van der Waals surface area contributed by atoms with E-state index in [1.165, 1.54) is 24.3 Å². The third-order valence-electron chi connectivity index (χ3n) is 2.91. The van der Waals surface area contributed by atoms with Crippen LogP contribution in [0.3, 0.4) is 0 Å². The molecular weight excluding hydrogens is 340 g/mol. The van der Waals surface area contributed by atoms with Crippen molar-refractivity contribution in [3.8, 4) is 0 Å². The summed E-state index contributed by atoms with van der Waals surface area (Å²) < 4.78 is 0.863. The summed E-state index contributed by atoms with van der Waals surface area (Å²) in [5.74, 6) is -1.30. The van der Waals surface area contributed by atoms with Crippen LogP contribution in [0.2, 0.25) is 5.02 Å². The van der Waals surface area contributed by atoms with Crippen LogP contribution in [0.25, 0.3) is 0 Å². The standard InChI is InChI=1S/C14H11ClN4O5/c15-10-3-1-9(2-4-10)14(22)17-16-12(20)8-18-7-11(19(23)24)5-6-13(18)21/h1-7H,8H2,(H,16,20)(H,17,22). The van der Waals surface area contributed by atoms with Crippen molar-refractivity contribution in [3.63, 3.8) is 0 Å². The Bertz CT molecular complexity index is 847. The summed E-state index contributed by atoms with van der Waals surface area (Å²) in [7, 11) is 0. The number of hydrogen-bond acceptors (Lipinski definition) is 5. The van der Waals surface area contributed by atoms with Gasteiger partial charge in [0.05, 0.1) is 11.1 Å². The van der Waals surface area contributed by atoms with E-state index in [-0.39, 0.29) is 11.3 Å². The molecule has 0 saturated heterocycles. The number of aromatic nitrogens is 1. The molecule has 0 bridgehead atoms. The third-order valence-corrected chi connectivity index (χ3v) is 3.17. The van der Waals surface area contributed by atoms with Gasteiger partial charge in [0.1, 0.15) is 6.54 Å². The highest BCUT2D eigenvalue weighted by Crippen LogP contribution is 2.09. The maximum atomic E-state index is 11.8. The van der Waals surface area contributed by atoms with E-state index < -0.39 is 28.8 Å². The first kappa shape index (κ1) is 17.2. The second-order valence-electron chi connectivity index (χ2n) is 4.62. The van der Waals surface area contributed by atoms with Crippen LogP contribution < -0.4 is 16.4 Å². The number of nitro groups is 1. The van der Waals surface area contributed by atoms with Crippen LogP contribution in [-0.2, 0) is 11.3 Å². The number of carbonyl (C=O) groups excluding carboxylic acids is 2. The van der Waals surface area contributed by atoms with Crippen LogP contribution in [0.15, 0.2) is 47.4 Å². The predicted molar refractivity (Wildman–Crippen MR) is 84.4 cm³/mol. The van der Waals surface area contributed by atoms with Gasteiger partial charge in [-0.3, -0.25) is 39.9 Å². The van der Waals surface area contributed by atoms with Gasteiger partial charge in [0.25, 0.3) is 23.1 Å². The molecule has 124 valence electrons. The average molecular weight is 351 g/mol. The molecule has 9 nitrogen and oxygen atoms in total. The van der Waals surface area contributed by atoms with Gasteiger partial charge >= 0.3 is 0 Å². The van der Waals surface area contributed by atoms with Gasteiger partial charge in [0.15, 0.2) is 0 Å². The lowest BCUT2D eigenvalue weighted by Gasteiger charge is -2.08. The second-order valence-corrected chi connectivity index (χ2v) is 5.06. The minimum atomic E-state index is -0.722. The molecule has 0 saturated carbocycles. The zero-order valence-corrected chi connectivity index (χ0v) is 12.8. The number of carbonyl (C=O) groups is 2. The first-order valence-electron chi connectivity index (χ1n) is 6.56. The molecular formula is C14H11ClN4O5. The molecule has 0 fully saturated rings. The molecule has 0 unspecified atom stereocenters. The van der Waals surface area contributed by atoms with Crippen molar-refractivity contribution in [3.05, 3.63) is 73.6 Å². The summed E-state index contributed by atoms with van der Waals surface area (Å²) in [5.41, 5.74) is 3.64. The number of rotatable bonds is 4. The SMILES string of the molecule is O=C(Cn1cc([N+](=O)[O-])ccc1=O)NNC(=O)c1ccc(Cl)cc1. The number of amides is 2. The van der Waals surface area contributed by atoms with Crippen molar-refractivity contribution in [2.75, 3.05) is 0 Å². The Morgan fingerprint density at radius 2 is 1.79 bits per heavy atom. The highest BCUT2D eigenvalue weighted by atomic mass is 35.5. The highest BCUT2D eigenvalue weighted by Gasteiger charge is 2.12. The molecule has 2 amide bonds. The lowest BCUT2D eigenvalue weighted by Crippen LogP contribution is -2.44. The Labute approximate surface area is 140 Å². The zero-order chi connectivity index (χ0) is 17.7. The first-order chi connectivity index (χ1) is 11.4. The van der Waals surface area contributed by atoms with Crippen LogP contribution in [0.1, 0.15) is 10.4 Å². The molecule has 0 aliphatic rings. The smallest absolute Gasteiger partial charge is 0.285 e. The number of hydrogen-bond donors (Lipinski definition) is 2. The molecule has 1 aromatic heterocycles. The van der Waals surface area contributed by atoms with E-state index in [2.05, 4.69) is 10.9 Å². The number of benzene rings is 1. The van der Waals surface area contributed by atoms with E-state index in [1.54, 1.807) is 0 Å². The third kappa shape index (κ3) is 4.40. The monoisotopic (exact) mass is 350 g/mol. The Kier molecular flexibility index (Phi) is 5.27. The fourth-order valence-corrected chi connectivity index (χ4v) is 1.87. The van der Waals surface area contributed by atoms with Crippen LogP contribution in [-0.4, -0.2) is 21.3 Å². The van der Waals surface area contributed by atoms with E-state index in [4.69, 9.17) is 11.6 Å². The number of hydrazine groups is 1. The normalized spacial score (nSPS) is 10.0. The Balaban J connectivity index is 1.97. The zero-order valence-electron chi connectivity index (χ0n) is 12.1. The van der Waals surface area contributed by atoms with Crippen LogP contribution >= 0.6 is 11.6 Å². The van der Waals surface area contributed by atoms with Crippen LogP contribution in [0.5, 0.6) is 0 Å². The van der Waals surface area contributed by atoms with Crippen LogP contribution in [0.4, 0.5) is 5.69 Å². The molecule has 1 heterocycles. The van der Waals surface area contributed by atoms with Gasteiger partial charge < -0.3 is 0 Å². The Morgan fingerprint density at radius 1 is 1.12 bits per heavy atom. The topological polar surface area (TPSA) is 123 Å². The summed E-state index contributed by atoms with van der Waals surface area (Å²) in [6, 6.07) is 7.99. The minimum Gasteiger partial charge on any atom is -0.299 e. The van der Waals surface area contributed by atoms with Crippen molar-refractivity contribution in [2.24, 2.45) is 0 Å². The molecule has 0 aliphatic heterocycles. The predicted octanol–water partition coefficient (Wildman–Crippen LogP) is 0.871. The molecule has 0 spiro atoms. The van der Waals surface area contributed by atoms with E-state index >= 15 is 0 Å². The maximum absolute atomic E-state index is 11.8. The van der Waals surface area contributed by atoms with Gasteiger partial charge in [0.2, 0.25) is 0 Å². The quantitative estimate of drug-likeness (QED) is 0.625. The summed E-state index contributed by atoms with van der Waals surface area (Å²) >= 11 is 5.70. The molecule has 0 radical (unpaired) electrons. The molecule has 1 aromatic carbocycles. The van der Waals surface area contributed by atoms with E-state index in [0.29, 0.717) is 5.02 Å². The van der Waals surface area contributed by atoms with Crippen molar-refractivity contribution < 1.29 is 14.5 Å². The largest absolute Gasteiger partial charge is 0.299 e. The lowest BCUT2D eigenvalue weighted by atomic mass is 10.2. The maximum Gasteiger partial charge on any atom is 0.285 e. The van der Waals surface area contributed by atoms with Gasteiger partial charge in [-0.05, 0) is 24.3 Å². The van der Waals surface area contributed by atoms with Crippen molar-refractivity contribution in [1.29, 1.82) is 0 Å². The molecule has 0 aliphatic carbocycles. The second kappa shape index (κ2) is 7.38. The summed E-state index contributed by atoms with van der Waals surface area (Å²) in [5, 5.41) is 11.1. The summed E-state index contributed by atoms with van der Waals surface area (Å²) in [6.07, 6.45) is 0.947. The van der Waals surface area contributed by atoms with E-state index in [0.717, 1.165) is 22.9 Å². The molecule has 10 heteroatoms. The number of pyridine rings is 1. The molecule has 2 rings (SSSR count). The van der Waals surface area contributed by atoms with Gasteiger partial charge in [-0.15, -0.1) is 0 Å². The fourth-order valence-electron chi connectivity index (χ4n) is 1.74. The average Bonchev–Trinajstić information content (AvgIpc) is 2.55. The van der Waals surface area contributed by atoms with Crippen molar-refractivity contribution >= 4 is 29.1 Å². The first-order valence-corrected chi connectivity index (χ1v) is 6.94. The molecule has 2 N–H and O–H groups in total. The van der Waals surface area contributed by atoms with Gasteiger partial charge in [-0.1, -0.05) is 11.6 Å². The minimum absolute atomic E-state index is 0.271. The van der Waals surface area contributed by atoms with Gasteiger partial charge in [-0.2, -0.15) is 0 Å². The lowest BCUT2D eigenvalue weighted by molar-refractivity contribution is -0.385. The number of nitrogens with zero attached hydrogens (tertiary/aromatic N) is 2. The number of halogens is 1. The van der Waals surface area contributed by atoms with Crippen molar-refractivity contribution in [2.45, 2.75) is 6.54 Å². The van der Waals surface area contributed by atoms with Gasteiger partial charge in [-0.25, -0.2) is 0 Å². The van der Waals surface area contributed by atoms with Crippen LogP contribution in [0, 0.1) is 10.1 Å². The fraction of sp³-hybridized carbons (Fsp3) is 0.0714. The van der Waals surface area contributed by atoms with E-state index in [1.807, 2.05) is 0 Å². The van der Waals surface area contributed by atoms with Crippen molar-refractivity contribution in [1.82, 2.24) is 15.4 Å². The number of nitrogens with one attached hydrogen (secondary N) is 2. The molecule has 0 atom stereocenters. The summed E-state index contributed by atoms with van der Waals surface area (Å²) in [4.78, 5) is 45.1. The van der Waals surface area contributed by atoms with Gasteiger partial charge in [0, 0.05) is 22.7 Å². The highest BCUT2D eigenvalue weighted by molar-refractivity contribution is 6.30.